The number of rotatable bonds is 7. The fourth-order valence-corrected chi connectivity index (χ4v) is 6.70. The van der Waals surface area contributed by atoms with Crippen molar-refractivity contribution in [3.05, 3.63) is 76.1 Å². The molecule has 0 spiro atoms. The molecule has 0 fully saturated rings. The van der Waals surface area contributed by atoms with Crippen molar-refractivity contribution in [2.75, 3.05) is 25.5 Å². The number of carbonyl (C=O) groups is 1. The highest BCUT2D eigenvalue weighted by Gasteiger charge is 2.37. The monoisotopic (exact) mass is 516 g/mol. The van der Waals surface area contributed by atoms with E-state index in [1.165, 1.54) is 16.4 Å². The van der Waals surface area contributed by atoms with Crippen LogP contribution in [0.4, 0.5) is 5.82 Å². The lowest BCUT2D eigenvalue weighted by atomic mass is 10.1. The Morgan fingerprint density at radius 1 is 1.21 bits per heavy atom. The third kappa shape index (κ3) is 5.17. The zero-order chi connectivity index (χ0) is 24.5. The molecular weight excluding hydrogens is 492 g/mol. The molecule has 4 rings (SSSR count). The second-order valence-electron chi connectivity index (χ2n) is 8.20. The quantitative estimate of drug-likeness (QED) is 0.478. The van der Waals surface area contributed by atoms with Crippen molar-refractivity contribution in [1.29, 1.82) is 0 Å². The normalized spacial score (nSPS) is 16.1. The molecule has 1 aliphatic rings. The number of benzene rings is 1. The van der Waals surface area contributed by atoms with Crippen LogP contribution >= 0.6 is 22.9 Å². The molecule has 0 aliphatic carbocycles. The van der Waals surface area contributed by atoms with E-state index in [0.29, 0.717) is 4.34 Å². The number of carbonyl (C=O) groups excluding carboxylic acids is 1. The van der Waals surface area contributed by atoms with E-state index in [1.807, 2.05) is 62.3 Å². The molecule has 3 aromatic rings. The predicted molar refractivity (Wildman–Crippen MR) is 137 cm³/mol. The van der Waals surface area contributed by atoms with E-state index in [4.69, 9.17) is 16.6 Å². The summed E-state index contributed by atoms with van der Waals surface area (Å²) in [7, 11) is -0.0134. The number of hydrogen-bond acceptors (Lipinski definition) is 6. The zero-order valence-corrected chi connectivity index (χ0v) is 21.4. The van der Waals surface area contributed by atoms with Crippen molar-refractivity contribution in [2.45, 2.75) is 23.7 Å². The molecule has 1 atom stereocenters. The fraction of sp³-hybridized carbons (Fsp3) is 0.250. The van der Waals surface area contributed by atoms with E-state index in [1.54, 1.807) is 12.2 Å². The van der Waals surface area contributed by atoms with E-state index in [0.717, 1.165) is 39.5 Å². The van der Waals surface area contributed by atoms with Crippen molar-refractivity contribution in [3.63, 3.8) is 0 Å². The van der Waals surface area contributed by atoms with Crippen LogP contribution in [0.5, 0.6) is 0 Å². The maximum Gasteiger partial charge on any atom is 0.253 e. The summed E-state index contributed by atoms with van der Waals surface area (Å²) in [5.41, 5.74) is 3.81. The summed E-state index contributed by atoms with van der Waals surface area (Å²) in [5, 5.41) is 2.89. The molecule has 10 heteroatoms. The van der Waals surface area contributed by atoms with E-state index in [-0.39, 0.29) is 23.2 Å². The first kappa shape index (κ1) is 24.4. The molecule has 0 bridgehead atoms. The van der Waals surface area contributed by atoms with Crippen LogP contribution in [-0.2, 0) is 21.4 Å². The Kier molecular flexibility index (Phi) is 7.09. The smallest absolute Gasteiger partial charge is 0.253 e. The Balaban J connectivity index is 1.53. The second kappa shape index (κ2) is 9.87. The number of aromatic nitrogens is 1. The first-order chi connectivity index (χ1) is 16.1. The number of pyridine rings is 1. The maximum atomic E-state index is 13.0. The van der Waals surface area contributed by atoms with Crippen LogP contribution in [0.1, 0.15) is 11.1 Å². The van der Waals surface area contributed by atoms with Crippen molar-refractivity contribution in [1.82, 2.24) is 14.6 Å². The van der Waals surface area contributed by atoms with Gasteiger partial charge in [0, 0.05) is 32.7 Å². The Hall–Kier alpha value is -2.72. The summed E-state index contributed by atoms with van der Waals surface area (Å²) in [4.78, 5) is 19.6. The summed E-state index contributed by atoms with van der Waals surface area (Å²) in [6.45, 7) is 2.40. The van der Waals surface area contributed by atoms with Gasteiger partial charge in [0.15, 0.2) is 0 Å². The number of nitrogens with zero attached hydrogens (tertiary/aromatic N) is 3. The molecule has 0 saturated heterocycles. The summed E-state index contributed by atoms with van der Waals surface area (Å²) in [5.74, 6) is 0.377. The van der Waals surface area contributed by atoms with Crippen molar-refractivity contribution >= 4 is 44.7 Å². The SMILES string of the molecule is Cc1ccc(-c2cc(CNC(=O)[C@@H]3C=CCN3S(=O)(=O)c3ccc(Cl)s3)cc(N(C)C)n2)cc1. The Morgan fingerprint density at radius 2 is 1.94 bits per heavy atom. The summed E-state index contributed by atoms with van der Waals surface area (Å²) in [6, 6.07) is 14.0. The topological polar surface area (TPSA) is 82.6 Å². The highest BCUT2D eigenvalue weighted by molar-refractivity contribution is 7.91. The predicted octanol–water partition coefficient (Wildman–Crippen LogP) is 4.08. The minimum Gasteiger partial charge on any atom is -0.363 e. The van der Waals surface area contributed by atoms with Gasteiger partial charge in [0.25, 0.3) is 10.0 Å². The third-order valence-electron chi connectivity index (χ3n) is 5.44. The molecule has 1 aliphatic heterocycles. The third-order valence-corrected chi connectivity index (χ3v) is 8.98. The Labute approximate surface area is 208 Å². The lowest BCUT2D eigenvalue weighted by molar-refractivity contribution is -0.123. The number of anilines is 1. The molecule has 1 N–H and O–H groups in total. The van der Waals surface area contributed by atoms with E-state index in [9.17, 15) is 13.2 Å². The minimum absolute atomic E-state index is 0.117. The highest BCUT2D eigenvalue weighted by Crippen LogP contribution is 2.30. The van der Waals surface area contributed by atoms with Gasteiger partial charge < -0.3 is 10.2 Å². The average molecular weight is 517 g/mol. The number of aryl methyl sites for hydroxylation is 1. The van der Waals surface area contributed by atoms with Gasteiger partial charge in [0.05, 0.1) is 10.0 Å². The molecular formula is C24H25ClN4O3S2. The van der Waals surface area contributed by atoms with Gasteiger partial charge in [-0.15, -0.1) is 11.3 Å². The van der Waals surface area contributed by atoms with Crippen LogP contribution in [0.2, 0.25) is 4.34 Å². The van der Waals surface area contributed by atoms with Crippen molar-refractivity contribution < 1.29 is 13.2 Å². The standard InChI is InChI=1S/C24H25ClN4O3S2/c1-16-6-8-18(9-7-16)19-13-17(14-22(27-19)28(2)3)15-26-24(30)20-5-4-12-29(20)34(31,32)23-11-10-21(25)33-23/h4-11,13-14,20H,12,15H2,1-3H3,(H,26,30)/t20-/m0/s1. The number of hydrogen-bond donors (Lipinski definition) is 1. The number of amides is 1. The van der Waals surface area contributed by atoms with Gasteiger partial charge in [0.2, 0.25) is 5.91 Å². The molecule has 0 saturated carbocycles. The number of nitrogens with one attached hydrogen (secondary N) is 1. The molecule has 1 amide bonds. The Bertz CT molecular complexity index is 1330. The maximum absolute atomic E-state index is 13.0. The van der Waals surface area contributed by atoms with Gasteiger partial charge >= 0.3 is 0 Å². The molecule has 7 nitrogen and oxygen atoms in total. The molecule has 2 aromatic heterocycles. The lowest BCUT2D eigenvalue weighted by Crippen LogP contribution is -2.45. The van der Waals surface area contributed by atoms with Gasteiger partial charge in [-0.3, -0.25) is 4.79 Å². The molecule has 34 heavy (non-hydrogen) atoms. The number of thiophene rings is 1. The Morgan fingerprint density at radius 3 is 2.59 bits per heavy atom. The van der Waals surface area contributed by atoms with Crippen LogP contribution in [0.25, 0.3) is 11.3 Å². The second-order valence-corrected chi connectivity index (χ2v) is 12.0. The van der Waals surface area contributed by atoms with Gasteiger partial charge in [0.1, 0.15) is 16.1 Å². The molecule has 0 radical (unpaired) electrons. The molecule has 3 heterocycles. The minimum atomic E-state index is -3.83. The first-order valence-corrected chi connectivity index (χ1v) is 13.3. The lowest BCUT2D eigenvalue weighted by Gasteiger charge is -2.22. The molecule has 178 valence electrons. The van der Waals surface area contributed by atoms with Crippen LogP contribution < -0.4 is 10.2 Å². The van der Waals surface area contributed by atoms with E-state index >= 15 is 0 Å². The van der Waals surface area contributed by atoms with Crippen LogP contribution in [0.3, 0.4) is 0 Å². The molecule has 0 unspecified atom stereocenters. The summed E-state index contributed by atoms with van der Waals surface area (Å²) in [6.07, 6.45) is 3.29. The van der Waals surface area contributed by atoms with Crippen LogP contribution in [0, 0.1) is 6.92 Å². The van der Waals surface area contributed by atoms with Gasteiger partial charge in [-0.25, -0.2) is 13.4 Å². The van der Waals surface area contributed by atoms with E-state index in [2.05, 4.69) is 5.32 Å². The largest absolute Gasteiger partial charge is 0.363 e. The summed E-state index contributed by atoms with van der Waals surface area (Å²) >= 11 is 6.90. The molecule has 1 aromatic carbocycles. The average Bonchev–Trinajstić information content (AvgIpc) is 3.48. The van der Waals surface area contributed by atoms with E-state index < -0.39 is 16.1 Å². The van der Waals surface area contributed by atoms with Crippen LogP contribution in [-0.4, -0.2) is 50.3 Å². The summed E-state index contributed by atoms with van der Waals surface area (Å²) < 4.78 is 27.7. The van der Waals surface area contributed by atoms with Crippen molar-refractivity contribution in [2.24, 2.45) is 0 Å². The number of halogens is 1. The first-order valence-electron chi connectivity index (χ1n) is 10.6. The highest BCUT2D eigenvalue weighted by atomic mass is 35.5. The zero-order valence-electron chi connectivity index (χ0n) is 19.0. The van der Waals surface area contributed by atoms with Crippen molar-refractivity contribution in [3.8, 4) is 11.3 Å². The number of sulfonamides is 1. The fourth-order valence-electron chi connectivity index (χ4n) is 3.59. The van der Waals surface area contributed by atoms with Gasteiger partial charge in [-0.05, 0) is 36.8 Å². The van der Waals surface area contributed by atoms with Gasteiger partial charge in [-0.2, -0.15) is 4.31 Å². The van der Waals surface area contributed by atoms with Crippen LogP contribution in [0.15, 0.2) is 64.9 Å². The van der Waals surface area contributed by atoms with Gasteiger partial charge in [-0.1, -0.05) is 53.6 Å².